The monoisotopic (exact) mass is 280 g/mol. The maximum Gasteiger partial charge on any atom is 0.303 e. The molecule has 6 nitrogen and oxygen atoms in total. The highest BCUT2D eigenvalue weighted by atomic mass is 16.5. The molecule has 1 saturated heterocycles. The van der Waals surface area contributed by atoms with Gasteiger partial charge < -0.3 is 20.1 Å². The van der Waals surface area contributed by atoms with E-state index in [1.807, 2.05) is 6.92 Å². The number of aliphatic carboxylic acids is 1. The standard InChI is InChI=1S/C14H20N2O4/c1-10-7-15-8-11(10)13(19)16-9-14(6-12(17)18)2-4-20-5-3-14/h7-8,15H,2-6,9H2,1H3,(H,16,19)(H,17,18). The lowest BCUT2D eigenvalue weighted by atomic mass is 9.77. The van der Waals surface area contributed by atoms with Crippen LogP contribution < -0.4 is 5.32 Å². The highest BCUT2D eigenvalue weighted by Crippen LogP contribution is 2.33. The first-order valence-corrected chi connectivity index (χ1v) is 6.74. The predicted octanol–water partition coefficient (Wildman–Crippen LogP) is 1.32. The Balaban J connectivity index is 2.00. The zero-order chi connectivity index (χ0) is 14.6. The molecule has 2 heterocycles. The van der Waals surface area contributed by atoms with Crippen LogP contribution in [0.2, 0.25) is 0 Å². The molecule has 3 N–H and O–H groups in total. The summed E-state index contributed by atoms with van der Waals surface area (Å²) < 4.78 is 5.29. The van der Waals surface area contributed by atoms with Crippen molar-refractivity contribution in [3.63, 3.8) is 0 Å². The van der Waals surface area contributed by atoms with Gasteiger partial charge in [-0.05, 0) is 25.3 Å². The number of hydrogen-bond donors (Lipinski definition) is 3. The minimum Gasteiger partial charge on any atom is -0.481 e. The molecule has 1 aromatic heterocycles. The third kappa shape index (κ3) is 3.39. The molecule has 1 amide bonds. The number of H-pyrrole nitrogens is 1. The number of aromatic nitrogens is 1. The number of amides is 1. The molecule has 0 unspecified atom stereocenters. The molecular formula is C14H20N2O4. The number of carboxylic acids is 1. The van der Waals surface area contributed by atoms with E-state index in [2.05, 4.69) is 10.3 Å². The molecule has 1 aromatic rings. The fraction of sp³-hybridized carbons (Fsp3) is 0.571. The van der Waals surface area contributed by atoms with E-state index >= 15 is 0 Å². The lowest BCUT2D eigenvalue weighted by Crippen LogP contribution is -2.42. The number of carbonyl (C=O) groups is 2. The van der Waals surface area contributed by atoms with Gasteiger partial charge in [0.1, 0.15) is 0 Å². The number of hydrogen-bond acceptors (Lipinski definition) is 3. The first-order chi connectivity index (χ1) is 9.52. The van der Waals surface area contributed by atoms with Gasteiger partial charge in [-0.3, -0.25) is 9.59 Å². The van der Waals surface area contributed by atoms with Crippen molar-refractivity contribution in [1.29, 1.82) is 0 Å². The smallest absolute Gasteiger partial charge is 0.303 e. The molecule has 0 radical (unpaired) electrons. The van der Waals surface area contributed by atoms with Gasteiger partial charge in [0.2, 0.25) is 0 Å². The molecule has 0 spiro atoms. The molecule has 1 aliphatic heterocycles. The number of nitrogens with one attached hydrogen (secondary N) is 2. The van der Waals surface area contributed by atoms with Crippen LogP contribution in [0.4, 0.5) is 0 Å². The van der Waals surface area contributed by atoms with Crippen LogP contribution in [0.1, 0.15) is 35.2 Å². The zero-order valence-electron chi connectivity index (χ0n) is 11.6. The van der Waals surface area contributed by atoms with Gasteiger partial charge >= 0.3 is 5.97 Å². The third-order valence-electron chi connectivity index (χ3n) is 3.90. The number of aryl methyl sites for hydroxylation is 1. The molecule has 0 atom stereocenters. The predicted molar refractivity (Wildman–Crippen MR) is 72.6 cm³/mol. The summed E-state index contributed by atoms with van der Waals surface area (Å²) in [6.07, 6.45) is 4.79. The third-order valence-corrected chi connectivity index (χ3v) is 3.90. The van der Waals surface area contributed by atoms with E-state index in [-0.39, 0.29) is 12.3 Å². The summed E-state index contributed by atoms with van der Waals surface area (Å²) in [5, 5.41) is 11.9. The van der Waals surface area contributed by atoms with Crippen molar-refractivity contribution in [2.45, 2.75) is 26.2 Å². The van der Waals surface area contributed by atoms with Crippen LogP contribution in [-0.4, -0.2) is 41.7 Å². The van der Waals surface area contributed by atoms with Gasteiger partial charge in [0.05, 0.1) is 12.0 Å². The average Bonchev–Trinajstić information content (AvgIpc) is 2.83. The highest BCUT2D eigenvalue weighted by Gasteiger charge is 2.35. The van der Waals surface area contributed by atoms with Crippen molar-refractivity contribution in [3.8, 4) is 0 Å². The molecule has 0 saturated carbocycles. The number of ether oxygens (including phenoxy) is 1. The molecule has 0 aromatic carbocycles. The summed E-state index contributed by atoms with van der Waals surface area (Å²) >= 11 is 0. The van der Waals surface area contributed by atoms with Crippen LogP contribution in [0.3, 0.4) is 0 Å². The van der Waals surface area contributed by atoms with Gasteiger partial charge in [0.25, 0.3) is 5.91 Å². The van der Waals surface area contributed by atoms with Crippen molar-refractivity contribution in [2.75, 3.05) is 19.8 Å². The van der Waals surface area contributed by atoms with Gasteiger partial charge in [-0.15, -0.1) is 0 Å². The van der Waals surface area contributed by atoms with Crippen molar-refractivity contribution in [3.05, 3.63) is 23.5 Å². The number of rotatable bonds is 5. The second-order valence-electron chi connectivity index (χ2n) is 5.42. The van der Waals surface area contributed by atoms with E-state index in [1.54, 1.807) is 12.4 Å². The van der Waals surface area contributed by atoms with E-state index < -0.39 is 11.4 Å². The minimum atomic E-state index is -0.834. The maximum atomic E-state index is 12.1. The largest absolute Gasteiger partial charge is 0.481 e. The van der Waals surface area contributed by atoms with Crippen LogP contribution in [-0.2, 0) is 9.53 Å². The van der Waals surface area contributed by atoms with E-state index in [0.717, 1.165) is 5.56 Å². The summed E-state index contributed by atoms with van der Waals surface area (Å²) in [7, 11) is 0. The summed E-state index contributed by atoms with van der Waals surface area (Å²) in [5.41, 5.74) is 1.08. The van der Waals surface area contributed by atoms with Crippen molar-refractivity contribution in [1.82, 2.24) is 10.3 Å². The Bertz CT molecular complexity index is 489. The van der Waals surface area contributed by atoms with Crippen molar-refractivity contribution < 1.29 is 19.4 Å². The number of carboxylic acid groups (broad SMARTS) is 1. The van der Waals surface area contributed by atoms with Gasteiger partial charge in [-0.25, -0.2) is 0 Å². The summed E-state index contributed by atoms with van der Waals surface area (Å²) in [5.74, 6) is -1.00. The number of carbonyl (C=O) groups excluding carboxylic acids is 1. The van der Waals surface area contributed by atoms with Gasteiger partial charge in [-0.1, -0.05) is 0 Å². The maximum absolute atomic E-state index is 12.1. The van der Waals surface area contributed by atoms with Crippen LogP contribution in [0, 0.1) is 12.3 Å². The van der Waals surface area contributed by atoms with E-state index in [9.17, 15) is 9.59 Å². The molecule has 0 aliphatic carbocycles. The van der Waals surface area contributed by atoms with Gasteiger partial charge in [0, 0.05) is 37.6 Å². The molecule has 110 valence electrons. The van der Waals surface area contributed by atoms with Crippen LogP contribution >= 0.6 is 0 Å². The Kier molecular flexibility index (Phi) is 4.44. The van der Waals surface area contributed by atoms with E-state index in [4.69, 9.17) is 9.84 Å². The van der Waals surface area contributed by atoms with Crippen LogP contribution in [0.15, 0.2) is 12.4 Å². The molecule has 2 rings (SSSR count). The summed E-state index contributed by atoms with van der Waals surface area (Å²) in [6, 6.07) is 0. The quantitative estimate of drug-likeness (QED) is 0.758. The fourth-order valence-corrected chi connectivity index (χ4v) is 2.59. The first-order valence-electron chi connectivity index (χ1n) is 6.74. The molecule has 20 heavy (non-hydrogen) atoms. The number of aromatic amines is 1. The Labute approximate surface area is 117 Å². The Hall–Kier alpha value is -1.82. The molecule has 6 heteroatoms. The van der Waals surface area contributed by atoms with Crippen molar-refractivity contribution in [2.24, 2.45) is 5.41 Å². The zero-order valence-corrected chi connectivity index (χ0v) is 11.6. The first kappa shape index (κ1) is 14.6. The topological polar surface area (TPSA) is 91.4 Å². The normalized spacial score (nSPS) is 17.6. The Morgan fingerprint density at radius 2 is 2.10 bits per heavy atom. The van der Waals surface area contributed by atoms with Crippen molar-refractivity contribution >= 4 is 11.9 Å². The summed E-state index contributed by atoms with van der Waals surface area (Å²) in [4.78, 5) is 26.0. The average molecular weight is 280 g/mol. The second kappa shape index (κ2) is 6.09. The van der Waals surface area contributed by atoms with Crippen LogP contribution in [0.25, 0.3) is 0 Å². The molecule has 1 aliphatic rings. The summed E-state index contributed by atoms with van der Waals surface area (Å²) in [6.45, 7) is 3.32. The van der Waals surface area contributed by atoms with Crippen LogP contribution in [0.5, 0.6) is 0 Å². The Morgan fingerprint density at radius 3 is 2.65 bits per heavy atom. The van der Waals surface area contributed by atoms with Gasteiger partial charge in [0.15, 0.2) is 0 Å². The second-order valence-corrected chi connectivity index (χ2v) is 5.42. The highest BCUT2D eigenvalue weighted by molar-refractivity contribution is 5.95. The van der Waals surface area contributed by atoms with E-state index in [0.29, 0.717) is 38.2 Å². The van der Waals surface area contributed by atoms with Gasteiger partial charge in [-0.2, -0.15) is 0 Å². The lowest BCUT2D eigenvalue weighted by molar-refractivity contribution is -0.141. The molecule has 0 bridgehead atoms. The fourth-order valence-electron chi connectivity index (χ4n) is 2.59. The van der Waals surface area contributed by atoms with E-state index in [1.165, 1.54) is 0 Å². The lowest BCUT2D eigenvalue weighted by Gasteiger charge is -2.36. The SMILES string of the molecule is Cc1c[nH]cc1C(=O)NCC1(CC(=O)O)CCOCC1. The molecule has 1 fully saturated rings. The minimum absolute atomic E-state index is 0.0583. The Morgan fingerprint density at radius 1 is 1.40 bits per heavy atom. The molecular weight excluding hydrogens is 260 g/mol.